The molecular formula is C20H21N3O. The van der Waals surface area contributed by atoms with E-state index in [0.29, 0.717) is 13.0 Å². The summed E-state index contributed by atoms with van der Waals surface area (Å²) in [6.07, 6.45) is 2.14. The van der Waals surface area contributed by atoms with Gasteiger partial charge in [0.05, 0.1) is 11.2 Å². The predicted octanol–water partition coefficient (Wildman–Crippen LogP) is 4.29. The number of fused-ring (bicyclic) bond motifs is 1. The van der Waals surface area contributed by atoms with Gasteiger partial charge < -0.3 is 10.6 Å². The Morgan fingerprint density at radius 3 is 2.62 bits per heavy atom. The van der Waals surface area contributed by atoms with Gasteiger partial charge in [0, 0.05) is 30.2 Å². The molecule has 122 valence electrons. The number of nitrogens with zero attached hydrogens (tertiary/aromatic N) is 1. The van der Waals surface area contributed by atoms with Crippen LogP contribution in [0.1, 0.15) is 17.5 Å². The van der Waals surface area contributed by atoms with E-state index in [1.165, 1.54) is 11.1 Å². The molecule has 24 heavy (non-hydrogen) atoms. The molecule has 2 aromatic carbocycles. The Labute approximate surface area is 141 Å². The largest absolute Gasteiger partial charge is 0.384 e. The molecule has 0 aliphatic heterocycles. The molecule has 0 atom stereocenters. The summed E-state index contributed by atoms with van der Waals surface area (Å²) in [4.78, 5) is 16.6. The summed E-state index contributed by atoms with van der Waals surface area (Å²) in [5.74, 6) is -0.0223. The van der Waals surface area contributed by atoms with Crippen LogP contribution in [0.15, 0.2) is 54.7 Å². The second-order valence-corrected chi connectivity index (χ2v) is 5.85. The number of carbonyl (C=O) groups excluding carboxylic acids is 1. The molecule has 1 aromatic heterocycles. The van der Waals surface area contributed by atoms with Gasteiger partial charge in [-0.2, -0.15) is 0 Å². The van der Waals surface area contributed by atoms with Crippen molar-refractivity contribution in [3.63, 3.8) is 0 Å². The van der Waals surface area contributed by atoms with Gasteiger partial charge in [0.2, 0.25) is 5.91 Å². The number of amides is 1. The van der Waals surface area contributed by atoms with Gasteiger partial charge in [-0.25, -0.2) is 0 Å². The molecular weight excluding hydrogens is 298 g/mol. The number of rotatable bonds is 5. The van der Waals surface area contributed by atoms with Crippen molar-refractivity contribution in [1.82, 2.24) is 4.98 Å². The molecule has 0 radical (unpaired) electrons. The van der Waals surface area contributed by atoms with E-state index in [4.69, 9.17) is 0 Å². The Bertz CT molecular complexity index is 868. The molecule has 3 aromatic rings. The number of carbonyl (C=O) groups is 1. The van der Waals surface area contributed by atoms with Crippen LogP contribution < -0.4 is 10.6 Å². The molecule has 1 heterocycles. The van der Waals surface area contributed by atoms with Crippen LogP contribution in [0.2, 0.25) is 0 Å². The lowest BCUT2D eigenvalue weighted by Gasteiger charge is -2.12. The van der Waals surface area contributed by atoms with Crippen LogP contribution >= 0.6 is 0 Å². The van der Waals surface area contributed by atoms with Crippen molar-refractivity contribution in [2.75, 3.05) is 17.2 Å². The average molecular weight is 319 g/mol. The Balaban J connectivity index is 1.60. The first-order chi connectivity index (χ1) is 11.6. The topological polar surface area (TPSA) is 54.0 Å². The molecule has 1 amide bonds. The van der Waals surface area contributed by atoms with Gasteiger partial charge in [-0.3, -0.25) is 9.78 Å². The third-order valence-electron chi connectivity index (χ3n) is 4.18. The van der Waals surface area contributed by atoms with Crippen LogP contribution in [0, 0.1) is 13.8 Å². The Morgan fingerprint density at radius 1 is 1.00 bits per heavy atom. The molecule has 0 aliphatic carbocycles. The van der Waals surface area contributed by atoms with Gasteiger partial charge in [0.15, 0.2) is 0 Å². The number of nitrogens with one attached hydrogen (secondary N) is 2. The van der Waals surface area contributed by atoms with E-state index in [0.717, 1.165) is 22.3 Å². The Kier molecular flexibility index (Phi) is 4.75. The van der Waals surface area contributed by atoms with Crippen LogP contribution in [0.4, 0.5) is 11.4 Å². The fraction of sp³-hybridized carbons (Fsp3) is 0.200. The summed E-state index contributed by atoms with van der Waals surface area (Å²) < 4.78 is 0. The van der Waals surface area contributed by atoms with E-state index < -0.39 is 0 Å². The molecule has 0 bridgehead atoms. The molecule has 0 spiro atoms. The quantitative estimate of drug-likeness (QED) is 0.737. The maximum absolute atomic E-state index is 12.2. The van der Waals surface area contributed by atoms with Gasteiger partial charge in [0.25, 0.3) is 0 Å². The first-order valence-electron chi connectivity index (χ1n) is 8.09. The zero-order valence-corrected chi connectivity index (χ0v) is 14.0. The lowest BCUT2D eigenvalue weighted by Crippen LogP contribution is -2.17. The Morgan fingerprint density at radius 2 is 1.75 bits per heavy atom. The van der Waals surface area contributed by atoms with Crippen LogP contribution in [0.3, 0.4) is 0 Å². The summed E-state index contributed by atoms with van der Waals surface area (Å²) in [6, 6.07) is 15.8. The lowest BCUT2D eigenvalue weighted by molar-refractivity contribution is -0.115. The van der Waals surface area contributed by atoms with Crippen molar-refractivity contribution in [1.29, 1.82) is 0 Å². The molecule has 4 heteroatoms. The molecule has 0 saturated carbocycles. The highest BCUT2D eigenvalue weighted by molar-refractivity contribution is 6.00. The number of hydrogen-bond acceptors (Lipinski definition) is 3. The van der Waals surface area contributed by atoms with Gasteiger partial charge in [-0.15, -0.1) is 0 Å². The number of anilines is 2. The minimum absolute atomic E-state index is 0.0223. The molecule has 0 aliphatic rings. The number of aromatic nitrogens is 1. The third kappa shape index (κ3) is 3.54. The number of pyridine rings is 1. The van der Waals surface area contributed by atoms with Crippen LogP contribution in [-0.4, -0.2) is 17.4 Å². The number of para-hydroxylation sites is 1. The van der Waals surface area contributed by atoms with Gasteiger partial charge in [-0.05, 0) is 43.2 Å². The molecule has 0 fully saturated rings. The highest BCUT2D eigenvalue weighted by atomic mass is 16.1. The smallest absolute Gasteiger partial charge is 0.226 e. The summed E-state index contributed by atoms with van der Waals surface area (Å²) >= 11 is 0. The van der Waals surface area contributed by atoms with Crippen molar-refractivity contribution < 1.29 is 4.79 Å². The highest BCUT2D eigenvalue weighted by Crippen LogP contribution is 2.21. The zero-order chi connectivity index (χ0) is 16.9. The maximum atomic E-state index is 12.2. The zero-order valence-electron chi connectivity index (χ0n) is 14.0. The maximum Gasteiger partial charge on any atom is 0.226 e. The van der Waals surface area contributed by atoms with Gasteiger partial charge in [-0.1, -0.05) is 30.3 Å². The fourth-order valence-electron chi connectivity index (χ4n) is 2.67. The van der Waals surface area contributed by atoms with Gasteiger partial charge >= 0.3 is 0 Å². The minimum Gasteiger partial charge on any atom is -0.384 e. The molecule has 0 saturated heterocycles. The third-order valence-corrected chi connectivity index (χ3v) is 4.18. The second kappa shape index (κ2) is 7.13. The van der Waals surface area contributed by atoms with Crippen molar-refractivity contribution in [2.24, 2.45) is 0 Å². The second-order valence-electron chi connectivity index (χ2n) is 5.85. The molecule has 3 rings (SSSR count). The van der Waals surface area contributed by atoms with Crippen LogP contribution in [-0.2, 0) is 4.79 Å². The van der Waals surface area contributed by atoms with Crippen molar-refractivity contribution in [2.45, 2.75) is 20.3 Å². The summed E-state index contributed by atoms with van der Waals surface area (Å²) in [6.45, 7) is 4.76. The van der Waals surface area contributed by atoms with Crippen LogP contribution in [0.5, 0.6) is 0 Å². The minimum atomic E-state index is -0.0223. The number of benzene rings is 2. The highest BCUT2D eigenvalue weighted by Gasteiger charge is 2.07. The first kappa shape index (κ1) is 16.0. The number of aryl methyl sites for hydroxylation is 1. The average Bonchev–Trinajstić information content (AvgIpc) is 2.59. The molecule has 2 N–H and O–H groups in total. The monoisotopic (exact) mass is 319 g/mol. The van der Waals surface area contributed by atoms with E-state index in [9.17, 15) is 4.79 Å². The SMILES string of the molecule is Cc1cccc(NCCC(=O)Nc2cccc3cccnc23)c1C. The molecule has 4 nitrogen and oxygen atoms in total. The fourth-order valence-corrected chi connectivity index (χ4v) is 2.67. The Hall–Kier alpha value is -2.88. The van der Waals surface area contributed by atoms with Crippen molar-refractivity contribution in [3.05, 3.63) is 65.9 Å². The van der Waals surface area contributed by atoms with Crippen molar-refractivity contribution >= 4 is 28.2 Å². The normalized spacial score (nSPS) is 10.6. The van der Waals surface area contributed by atoms with Crippen molar-refractivity contribution in [3.8, 4) is 0 Å². The van der Waals surface area contributed by atoms with E-state index in [-0.39, 0.29) is 5.91 Å². The van der Waals surface area contributed by atoms with E-state index >= 15 is 0 Å². The lowest BCUT2D eigenvalue weighted by atomic mass is 10.1. The number of hydrogen-bond donors (Lipinski definition) is 2. The van der Waals surface area contributed by atoms with E-state index in [1.807, 2.05) is 42.5 Å². The van der Waals surface area contributed by atoms with E-state index in [1.54, 1.807) is 6.20 Å². The summed E-state index contributed by atoms with van der Waals surface area (Å²) in [5.41, 5.74) is 5.11. The summed E-state index contributed by atoms with van der Waals surface area (Å²) in [7, 11) is 0. The van der Waals surface area contributed by atoms with E-state index in [2.05, 4.69) is 35.5 Å². The standard InChI is InChI=1S/C20H21N3O/c1-14-6-3-9-17(15(14)2)21-13-11-19(24)23-18-10-4-7-16-8-5-12-22-20(16)18/h3-10,12,21H,11,13H2,1-2H3,(H,23,24). The van der Waals surface area contributed by atoms with Gasteiger partial charge in [0.1, 0.15) is 0 Å². The molecule has 0 unspecified atom stereocenters. The first-order valence-corrected chi connectivity index (χ1v) is 8.09. The predicted molar refractivity (Wildman–Crippen MR) is 99.4 cm³/mol. The summed E-state index contributed by atoms with van der Waals surface area (Å²) in [5, 5.41) is 7.30. The van der Waals surface area contributed by atoms with Crippen LogP contribution in [0.25, 0.3) is 10.9 Å².